The molecule has 0 aromatic carbocycles. The van der Waals surface area contributed by atoms with Crippen molar-refractivity contribution in [1.29, 1.82) is 0 Å². The van der Waals surface area contributed by atoms with Gasteiger partial charge in [0.15, 0.2) is 0 Å². The van der Waals surface area contributed by atoms with Crippen molar-refractivity contribution in [3.63, 3.8) is 0 Å². The van der Waals surface area contributed by atoms with Crippen LogP contribution in [0.25, 0.3) is 0 Å². The molecule has 0 saturated heterocycles. The molecule has 0 aliphatic heterocycles. The number of aliphatic hydroxyl groups excluding tert-OH is 1. The Morgan fingerprint density at radius 2 is 1.79 bits per heavy atom. The second kappa shape index (κ2) is 4.68. The molecule has 0 aromatic heterocycles. The number of rotatable bonds is 1. The summed E-state index contributed by atoms with van der Waals surface area (Å²) >= 11 is 0. The summed E-state index contributed by atoms with van der Waals surface area (Å²) in [7, 11) is 0. The maximum absolute atomic E-state index is 10.6. The Hall–Kier alpha value is -0.340. The molecule has 5 aliphatic carbocycles. The summed E-state index contributed by atoms with van der Waals surface area (Å²) in [5.41, 5.74) is 2.13. The summed E-state index contributed by atoms with van der Waals surface area (Å²) in [6.07, 6.45) is 12.0. The first-order chi connectivity index (χ1) is 11.3. The molecule has 2 heteroatoms. The van der Waals surface area contributed by atoms with Crippen molar-refractivity contribution < 1.29 is 10.2 Å². The maximum atomic E-state index is 10.6. The molecule has 0 aromatic rings. The van der Waals surface area contributed by atoms with E-state index in [-0.39, 0.29) is 11.7 Å². The van der Waals surface area contributed by atoms with Gasteiger partial charge >= 0.3 is 0 Å². The zero-order valence-corrected chi connectivity index (χ0v) is 15.6. The van der Waals surface area contributed by atoms with Crippen LogP contribution < -0.4 is 0 Å². The molecule has 0 bridgehead atoms. The van der Waals surface area contributed by atoms with Gasteiger partial charge in [0.2, 0.25) is 0 Å². The Morgan fingerprint density at radius 3 is 2.54 bits per heavy atom. The van der Waals surface area contributed by atoms with E-state index >= 15 is 0 Å². The van der Waals surface area contributed by atoms with Crippen molar-refractivity contribution in [3.8, 4) is 0 Å². The van der Waals surface area contributed by atoms with Gasteiger partial charge in [-0.2, -0.15) is 0 Å². The summed E-state index contributed by atoms with van der Waals surface area (Å²) in [5.74, 6) is 3.30. The number of hydrogen-bond acceptors (Lipinski definition) is 2. The van der Waals surface area contributed by atoms with E-state index in [1.807, 2.05) is 6.92 Å². The minimum atomic E-state index is -0.286. The van der Waals surface area contributed by atoms with Crippen LogP contribution in [-0.4, -0.2) is 21.9 Å². The molecule has 2 nitrogen and oxygen atoms in total. The summed E-state index contributed by atoms with van der Waals surface area (Å²) in [6.45, 7) is 6.99. The SMILES string of the molecule is CC(O)[C@H]1CC[C@H]2[C@@H]3CC[C@@H]4C5C[C@@]5(O)CC[C@]4(C)C3=CC[C@]12C. The van der Waals surface area contributed by atoms with E-state index in [0.717, 1.165) is 37.0 Å². The van der Waals surface area contributed by atoms with Gasteiger partial charge in [-0.25, -0.2) is 0 Å². The lowest BCUT2D eigenvalue weighted by molar-refractivity contribution is -0.0281. The van der Waals surface area contributed by atoms with Crippen LogP contribution in [0, 0.1) is 40.4 Å². The third kappa shape index (κ3) is 1.80. The van der Waals surface area contributed by atoms with Gasteiger partial charge in [-0.15, -0.1) is 0 Å². The van der Waals surface area contributed by atoms with E-state index in [4.69, 9.17) is 0 Å². The van der Waals surface area contributed by atoms with Crippen LogP contribution in [-0.2, 0) is 0 Å². The van der Waals surface area contributed by atoms with Crippen molar-refractivity contribution >= 4 is 0 Å². The largest absolute Gasteiger partial charge is 0.393 e. The highest BCUT2D eigenvalue weighted by atomic mass is 16.3. The Morgan fingerprint density at radius 1 is 1.04 bits per heavy atom. The van der Waals surface area contributed by atoms with Crippen LogP contribution in [0.3, 0.4) is 0 Å². The van der Waals surface area contributed by atoms with E-state index in [1.54, 1.807) is 5.57 Å². The average molecular weight is 331 g/mol. The van der Waals surface area contributed by atoms with Gasteiger partial charge in [-0.1, -0.05) is 25.5 Å². The normalized spacial score (nSPS) is 59.5. The molecule has 5 aliphatic rings. The van der Waals surface area contributed by atoms with Crippen LogP contribution in [0.4, 0.5) is 0 Å². The zero-order chi connectivity index (χ0) is 16.9. The van der Waals surface area contributed by atoms with Crippen LogP contribution >= 0.6 is 0 Å². The molecular weight excluding hydrogens is 296 g/mol. The van der Waals surface area contributed by atoms with Crippen LogP contribution in [0.5, 0.6) is 0 Å². The molecule has 0 spiro atoms. The second-order valence-corrected chi connectivity index (χ2v) is 10.5. The molecule has 24 heavy (non-hydrogen) atoms. The fourth-order valence-corrected chi connectivity index (χ4v) is 8.23. The van der Waals surface area contributed by atoms with Crippen molar-refractivity contribution in [2.24, 2.45) is 40.4 Å². The van der Waals surface area contributed by atoms with Gasteiger partial charge in [-0.05, 0) is 98.7 Å². The lowest BCUT2D eigenvalue weighted by Crippen LogP contribution is -2.49. The molecule has 5 rings (SSSR count). The van der Waals surface area contributed by atoms with Crippen molar-refractivity contribution in [2.45, 2.75) is 83.8 Å². The topological polar surface area (TPSA) is 40.5 Å². The smallest absolute Gasteiger partial charge is 0.0684 e. The Bertz CT molecular complexity index is 595. The van der Waals surface area contributed by atoms with Crippen LogP contribution in [0.15, 0.2) is 11.6 Å². The first-order valence-electron chi connectivity index (χ1n) is 10.4. The molecule has 4 saturated carbocycles. The first kappa shape index (κ1) is 15.9. The summed E-state index contributed by atoms with van der Waals surface area (Å²) in [5, 5.41) is 20.9. The highest BCUT2D eigenvalue weighted by Gasteiger charge is 2.67. The second-order valence-electron chi connectivity index (χ2n) is 10.5. The van der Waals surface area contributed by atoms with Gasteiger partial charge < -0.3 is 10.2 Å². The Labute approximate surface area is 146 Å². The highest BCUT2D eigenvalue weighted by molar-refractivity contribution is 5.32. The molecule has 2 N–H and O–H groups in total. The molecule has 0 radical (unpaired) electrons. The lowest BCUT2D eigenvalue weighted by atomic mass is 9.48. The van der Waals surface area contributed by atoms with Crippen molar-refractivity contribution in [1.82, 2.24) is 0 Å². The zero-order valence-electron chi connectivity index (χ0n) is 15.6. The Balaban J connectivity index is 1.50. The number of fused-ring (bicyclic) bond motifs is 7. The summed E-state index contributed by atoms with van der Waals surface area (Å²) in [4.78, 5) is 0. The number of allylic oxidation sites excluding steroid dienone is 2. The average Bonchev–Trinajstić information content (AvgIpc) is 3.07. The molecule has 4 fully saturated rings. The van der Waals surface area contributed by atoms with Gasteiger partial charge in [0.25, 0.3) is 0 Å². The van der Waals surface area contributed by atoms with E-state index in [9.17, 15) is 10.2 Å². The lowest BCUT2D eigenvalue weighted by Gasteiger charge is -2.56. The number of aliphatic hydroxyl groups is 2. The van der Waals surface area contributed by atoms with Crippen LogP contribution in [0.2, 0.25) is 0 Å². The maximum Gasteiger partial charge on any atom is 0.0684 e. The molecule has 134 valence electrons. The van der Waals surface area contributed by atoms with E-state index in [1.165, 1.54) is 32.1 Å². The van der Waals surface area contributed by atoms with Gasteiger partial charge in [0.05, 0.1) is 11.7 Å². The fraction of sp³-hybridized carbons (Fsp3) is 0.909. The molecular formula is C22H34O2. The van der Waals surface area contributed by atoms with Crippen molar-refractivity contribution in [2.75, 3.05) is 0 Å². The predicted molar refractivity (Wildman–Crippen MR) is 95.3 cm³/mol. The molecule has 0 heterocycles. The van der Waals surface area contributed by atoms with E-state index < -0.39 is 0 Å². The Kier molecular flexibility index (Phi) is 3.10. The monoisotopic (exact) mass is 330 g/mol. The van der Waals surface area contributed by atoms with Gasteiger partial charge in [-0.3, -0.25) is 0 Å². The third-order valence-electron chi connectivity index (χ3n) is 9.65. The number of hydrogen-bond donors (Lipinski definition) is 2. The fourth-order valence-electron chi connectivity index (χ4n) is 8.23. The third-order valence-corrected chi connectivity index (χ3v) is 9.65. The highest BCUT2D eigenvalue weighted by Crippen LogP contribution is 2.71. The standard InChI is InChI=1S/C22H34O2/c1-13(23)15-6-7-16-14-4-5-18-19-12-22(19,24)11-10-21(18,3)17(14)8-9-20(15,16)2/h8,13-16,18-19,23-24H,4-7,9-12H2,1-3H3/t13?,14-,15+,16-,18+,19?,20+,21+,22-/m0/s1. The molecule has 0 amide bonds. The summed E-state index contributed by atoms with van der Waals surface area (Å²) < 4.78 is 0. The van der Waals surface area contributed by atoms with Crippen LogP contribution in [0.1, 0.15) is 72.1 Å². The van der Waals surface area contributed by atoms with E-state index in [0.29, 0.717) is 22.7 Å². The van der Waals surface area contributed by atoms with Crippen molar-refractivity contribution in [3.05, 3.63) is 11.6 Å². The van der Waals surface area contributed by atoms with E-state index in [2.05, 4.69) is 19.9 Å². The minimum absolute atomic E-state index is 0.168. The molecule has 9 atom stereocenters. The predicted octanol–water partition coefficient (Wildman–Crippen LogP) is 4.31. The summed E-state index contributed by atoms with van der Waals surface area (Å²) in [6, 6.07) is 0. The van der Waals surface area contributed by atoms with Gasteiger partial charge in [0, 0.05) is 0 Å². The first-order valence-corrected chi connectivity index (χ1v) is 10.4. The quantitative estimate of drug-likeness (QED) is 0.704. The minimum Gasteiger partial charge on any atom is -0.393 e. The molecule has 2 unspecified atom stereocenters. The van der Waals surface area contributed by atoms with Gasteiger partial charge in [0.1, 0.15) is 0 Å².